The molecule has 0 aliphatic heterocycles. The van der Waals surface area contributed by atoms with Crippen molar-refractivity contribution in [2.75, 3.05) is 5.32 Å². The first-order chi connectivity index (χ1) is 9.63. The molecule has 2 heterocycles. The number of pyridine rings is 1. The van der Waals surface area contributed by atoms with E-state index in [1.54, 1.807) is 12.1 Å². The van der Waals surface area contributed by atoms with Crippen molar-refractivity contribution in [1.29, 1.82) is 0 Å². The van der Waals surface area contributed by atoms with Crippen LogP contribution in [-0.2, 0) is 0 Å². The monoisotopic (exact) mass is 266 g/mol. The number of hydrogen-bond donors (Lipinski definition) is 2. The molecule has 0 aliphatic carbocycles. The molecule has 0 atom stereocenters. The minimum Gasteiger partial charge on any atom is -0.305 e. The van der Waals surface area contributed by atoms with Gasteiger partial charge in [0.25, 0.3) is 5.91 Å². The van der Waals surface area contributed by atoms with Crippen molar-refractivity contribution in [3.8, 4) is 0 Å². The lowest BCUT2D eigenvalue weighted by atomic mass is 10.1. The number of fused-ring (bicyclic) bond motifs is 1. The summed E-state index contributed by atoms with van der Waals surface area (Å²) in [7, 11) is 0. The van der Waals surface area contributed by atoms with Crippen molar-refractivity contribution in [1.82, 2.24) is 15.2 Å². The molecule has 0 bridgehead atoms. The average Bonchev–Trinajstić information content (AvgIpc) is 2.81. The van der Waals surface area contributed by atoms with E-state index in [0.29, 0.717) is 17.0 Å². The molecule has 0 fully saturated rings. The van der Waals surface area contributed by atoms with Crippen LogP contribution in [0.4, 0.5) is 5.82 Å². The van der Waals surface area contributed by atoms with E-state index in [-0.39, 0.29) is 5.91 Å². The number of carbonyl (C=O) groups is 1. The van der Waals surface area contributed by atoms with Crippen LogP contribution in [0.2, 0.25) is 0 Å². The van der Waals surface area contributed by atoms with E-state index >= 15 is 0 Å². The molecule has 0 unspecified atom stereocenters. The molecule has 1 amide bonds. The van der Waals surface area contributed by atoms with E-state index in [4.69, 9.17) is 0 Å². The maximum atomic E-state index is 12.1. The van der Waals surface area contributed by atoms with Gasteiger partial charge in [-0.1, -0.05) is 17.7 Å². The van der Waals surface area contributed by atoms with Crippen molar-refractivity contribution < 1.29 is 4.79 Å². The lowest BCUT2D eigenvalue weighted by Gasteiger charge is -2.03. The fourth-order valence-electron chi connectivity index (χ4n) is 1.98. The van der Waals surface area contributed by atoms with E-state index in [9.17, 15) is 4.79 Å². The molecule has 5 heteroatoms. The molecule has 1 aromatic carbocycles. The number of nitrogens with one attached hydrogen (secondary N) is 2. The fraction of sp³-hybridized carbons (Fsp3) is 0.133. The molecule has 0 aliphatic rings. The number of H-pyrrole nitrogens is 1. The minimum absolute atomic E-state index is 0.182. The fourth-order valence-corrected chi connectivity index (χ4v) is 1.98. The SMILES string of the molecule is Cc1ccc(C(=O)Nc2n[nH]c3nc(C)ccc23)cc1. The predicted octanol–water partition coefficient (Wildman–Crippen LogP) is 2.83. The van der Waals surface area contributed by atoms with Gasteiger partial charge in [0.05, 0.1) is 5.39 Å². The molecule has 0 saturated carbocycles. The molecule has 100 valence electrons. The number of anilines is 1. The number of nitrogens with zero attached hydrogens (tertiary/aromatic N) is 2. The topological polar surface area (TPSA) is 70.7 Å². The van der Waals surface area contributed by atoms with Crippen LogP contribution < -0.4 is 5.32 Å². The van der Waals surface area contributed by atoms with E-state index in [2.05, 4.69) is 20.5 Å². The zero-order chi connectivity index (χ0) is 14.1. The highest BCUT2D eigenvalue weighted by atomic mass is 16.1. The van der Waals surface area contributed by atoms with Crippen LogP contribution in [0.15, 0.2) is 36.4 Å². The molecule has 0 spiro atoms. The Morgan fingerprint density at radius 1 is 1.10 bits per heavy atom. The third-order valence-electron chi connectivity index (χ3n) is 3.11. The van der Waals surface area contributed by atoms with Gasteiger partial charge in [-0.3, -0.25) is 9.89 Å². The molecule has 0 radical (unpaired) electrons. The largest absolute Gasteiger partial charge is 0.305 e. The molecule has 5 nitrogen and oxygen atoms in total. The van der Waals surface area contributed by atoms with Crippen LogP contribution >= 0.6 is 0 Å². The van der Waals surface area contributed by atoms with Crippen molar-refractivity contribution >= 4 is 22.8 Å². The van der Waals surface area contributed by atoms with Crippen LogP contribution in [0.1, 0.15) is 21.6 Å². The second-order valence-corrected chi connectivity index (χ2v) is 4.74. The Morgan fingerprint density at radius 3 is 2.60 bits per heavy atom. The highest BCUT2D eigenvalue weighted by Gasteiger charge is 2.11. The van der Waals surface area contributed by atoms with Gasteiger partial charge < -0.3 is 5.32 Å². The van der Waals surface area contributed by atoms with Gasteiger partial charge in [0.1, 0.15) is 0 Å². The van der Waals surface area contributed by atoms with E-state index in [1.165, 1.54) is 0 Å². The smallest absolute Gasteiger partial charge is 0.256 e. The van der Waals surface area contributed by atoms with Gasteiger partial charge in [0.15, 0.2) is 11.5 Å². The second kappa shape index (κ2) is 4.77. The maximum absolute atomic E-state index is 12.1. The summed E-state index contributed by atoms with van der Waals surface area (Å²) in [4.78, 5) is 16.5. The van der Waals surface area contributed by atoms with Crippen molar-refractivity contribution in [2.45, 2.75) is 13.8 Å². The lowest BCUT2D eigenvalue weighted by molar-refractivity contribution is 0.102. The summed E-state index contributed by atoms with van der Waals surface area (Å²) in [6.07, 6.45) is 0. The zero-order valence-electron chi connectivity index (χ0n) is 11.3. The molecule has 2 aromatic heterocycles. The summed E-state index contributed by atoms with van der Waals surface area (Å²) in [5, 5.41) is 10.5. The van der Waals surface area contributed by atoms with Crippen molar-refractivity contribution in [3.05, 3.63) is 53.2 Å². The normalized spacial score (nSPS) is 10.7. The lowest BCUT2D eigenvalue weighted by Crippen LogP contribution is -2.12. The predicted molar refractivity (Wildman–Crippen MR) is 77.8 cm³/mol. The average molecular weight is 266 g/mol. The molecule has 0 saturated heterocycles. The third kappa shape index (κ3) is 2.25. The van der Waals surface area contributed by atoms with Gasteiger partial charge in [0, 0.05) is 11.3 Å². The summed E-state index contributed by atoms with van der Waals surface area (Å²) in [6.45, 7) is 3.89. The van der Waals surface area contributed by atoms with Crippen molar-refractivity contribution in [3.63, 3.8) is 0 Å². The van der Waals surface area contributed by atoms with Gasteiger partial charge in [0.2, 0.25) is 0 Å². The van der Waals surface area contributed by atoms with Gasteiger partial charge in [-0.15, -0.1) is 0 Å². The Labute approximate surface area is 116 Å². The Kier molecular flexibility index (Phi) is 2.95. The van der Waals surface area contributed by atoms with Crippen LogP contribution in [0.25, 0.3) is 11.0 Å². The van der Waals surface area contributed by atoms with Crippen LogP contribution in [0.5, 0.6) is 0 Å². The number of aryl methyl sites for hydroxylation is 2. The number of carbonyl (C=O) groups excluding carboxylic acids is 1. The maximum Gasteiger partial charge on any atom is 0.256 e. The standard InChI is InChI=1S/C15H14N4O/c1-9-3-6-11(7-4-9)15(20)17-14-12-8-5-10(2)16-13(12)18-19-14/h3-8H,1-2H3,(H2,16,17,18,19,20). The number of benzene rings is 1. The Morgan fingerprint density at radius 2 is 1.85 bits per heavy atom. The van der Waals surface area contributed by atoms with Crippen LogP contribution in [0.3, 0.4) is 0 Å². The first-order valence-electron chi connectivity index (χ1n) is 6.33. The van der Waals surface area contributed by atoms with Gasteiger partial charge in [-0.25, -0.2) is 4.98 Å². The number of aromatic nitrogens is 3. The molecule has 2 N–H and O–H groups in total. The molecule has 20 heavy (non-hydrogen) atoms. The Balaban J connectivity index is 1.89. The summed E-state index contributed by atoms with van der Waals surface area (Å²) < 4.78 is 0. The number of rotatable bonds is 2. The highest BCUT2D eigenvalue weighted by molar-refractivity contribution is 6.07. The second-order valence-electron chi connectivity index (χ2n) is 4.74. The first-order valence-corrected chi connectivity index (χ1v) is 6.33. The van der Waals surface area contributed by atoms with E-state index in [1.807, 2.05) is 38.1 Å². The quantitative estimate of drug-likeness (QED) is 0.749. The zero-order valence-corrected chi connectivity index (χ0v) is 11.3. The number of hydrogen-bond acceptors (Lipinski definition) is 3. The number of aromatic amines is 1. The van der Waals surface area contributed by atoms with Gasteiger partial charge in [-0.2, -0.15) is 5.10 Å². The van der Waals surface area contributed by atoms with E-state index in [0.717, 1.165) is 16.6 Å². The summed E-state index contributed by atoms with van der Waals surface area (Å²) in [5.41, 5.74) is 3.29. The molecular formula is C15H14N4O. The summed E-state index contributed by atoms with van der Waals surface area (Å²) in [6, 6.07) is 11.2. The summed E-state index contributed by atoms with van der Waals surface area (Å²) >= 11 is 0. The minimum atomic E-state index is -0.182. The summed E-state index contributed by atoms with van der Waals surface area (Å²) in [5.74, 6) is 0.317. The molecular weight excluding hydrogens is 252 g/mol. The van der Waals surface area contributed by atoms with Gasteiger partial charge in [-0.05, 0) is 38.1 Å². The van der Waals surface area contributed by atoms with E-state index < -0.39 is 0 Å². The first kappa shape index (κ1) is 12.3. The highest BCUT2D eigenvalue weighted by Crippen LogP contribution is 2.19. The Bertz CT molecular complexity index is 774. The molecule has 3 aromatic rings. The molecule has 3 rings (SSSR count). The van der Waals surface area contributed by atoms with Crippen LogP contribution in [-0.4, -0.2) is 21.1 Å². The number of amides is 1. The third-order valence-corrected chi connectivity index (χ3v) is 3.11. The van der Waals surface area contributed by atoms with Gasteiger partial charge >= 0.3 is 0 Å². The van der Waals surface area contributed by atoms with Crippen LogP contribution in [0, 0.1) is 13.8 Å². The van der Waals surface area contributed by atoms with Crippen molar-refractivity contribution in [2.24, 2.45) is 0 Å². The Hall–Kier alpha value is -2.69.